The first-order chi connectivity index (χ1) is 9.60. The van der Waals surface area contributed by atoms with Crippen molar-refractivity contribution in [3.8, 4) is 5.75 Å². The highest BCUT2D eigenvalue weighted by molar-refractivity contribution is 5.46. The number of likely N-dealkylation sites (tertiary alicyclic amines) is 1. The Labute approximate surface area is 120 Å². The van der Waals surface area contributed by atoms with E-state index in [9.17, 15) is 5.11 Å². The molecule has 0 saturated carbocycles. The van der Waals surface area contributed by atoms with E-state index >= 15 is 0 Å². The van der Waals surface area contributed by atoms with Crippen LogP contribution in [0.4, 0.5) is 0 Å². The number of hydrogen-bond acceptors (Lipinski definition) is 3. The number of rotatable bonds is 0. The molecule has 2 bridgehead atoms. The molecule has 0 amide bonds. The molecule has 0 unspecified atom stereocenters. The second kappa shape index (κ2) is 4.01. The summed E-state index contributed by atoms with van der Waals surface area (Å²) in [4.78, 5) is 2.52. The van der Waals surface area contributed by atoms with Crippen LogP contribution in [0.25, 0.3) is 0 Å². The monoisotopic (exact) mass is 270 g/mol. The van der Waals surface area contributed by atoms with E-state index in [0.717, 1.165) is 31.6 Å². The molecule has 2 fully saturated rings. The van der Waals surface area contributed by atoms with E-state index in [-0.39, 0.29) is 5.41 Å². The lowest BCUT2D eigenvalue weighted by atomic mass is 9.54. The molecule has 3 atom stereocenters. The molecule has 1 aliphatic carbocycles. The van der Waals surface area contributed by atoms with Crippen molar-refractivity contribution in [1.82, 2.24) is 10.2 Å². The van der Waals surface area contributed by atoms with Gasteiger partial charge in [0.05, 0.1) is 0 Å². The zero-order valence-corrected chi connectivity index (χ0v) is 12.0. The van der Waals surface area contributed by atoms with Crippen LogP contribution in [0.5, 0.6) is 5.75 Å². The van der Waals surface area contributed by atoms with Crippen LogP contribution in [0.1, 0.15) is 24.0 Å². The van der Waals surface area contributed by atoms with Crippen LogP contribution in [0, 0.1) is 5.92 Å². The van der Waals surface area contributed by atoms with E-state index in [1.54, 1.807) is 0 Å². The fourth-order valence-electron chi connectivity index (χ4n) is 4.81. The van der Waals surface area contributed by atoms with Gasteiger partial charge in [-0.25, -0.2) is 0 Å². The molecule has 3 nitrogen and oxygen atoms in total. The van der Waals surface area contributed by atoms with Gasteiger partial charge in [-0.2, -0.15) is 0 Å². The summed E-state index contributed by atoms with van der Waals surface area (Å²) in [5.74, 6) is 1.03. The number of phenolic OH excluding ortho intramolecular Hbond substituents is 1. The first kappa shape index (κ1) is 12.3. The largest absolute Gasteiger partial charge is 0.508 e. The first-order valence-corrected chi connectivity index (χ1v) is 7.54. The van der Waals surface area contributed by atoms with Gasteiger partial charge >= 0.3 is 0 Å². The quantitative estimate of drug-likeness (QED) is 0.757. The minimum Gasteiger partial charge on any atom is -0.508 e. The van der Waals surface area contributed by atoms with Gasteiger partial charge in [0.1, 0.15) is 5.75 Å². The molecule has 2 N–H and O–H groups in total. The summed E-state index contributed by atoms with van der Waals surface area (Å²) >= 11 is 0. The van der Waals surface area contributed by atoms with Gasteiger partial charge in [-0.05, 0) is 56.1 Å². The van der Waals surface area contributed by atoms with Crippen LogP contribution in [0.2, 0.25) is 0 Å². The lowest BCUT2D eigenvalue weighted by Crippen LogP contribution is -2.63. The third-order valence-electron chi connectivity index (χ3n) is 5.81. The highest BCUT2D eigenvalue weighted by Crippen LogP contribution is 2.53. The Morgan fingerprint density at radius 3 is 3.15 bits per heavy atom. The van der Waals surface area contributed by atoms with Crippen molar-refractivity contribution in [3.63, 3.8) is 0 Å². The molecule has 1 aromatic rings. The molecule has 4 rings (SSSR count). The van der Waals surface area contributed by atoms with Crippen molar-refractivity contribution in [2.45, 2.75) is 30.7 Å². The molecule has 1 aromatic carbocycles. The van der Waals surface area contributed by atoms with Gasteiger partial charge in [0.25, 0.3) is 0 Å². The van der Waals surface area contributed by atoms with Crippen LogP contribution in [-0.2, 0) is 11.8 Å². The van der Waals surface area contributed by atoms with Crippen LogP contribution in [0.15, 0.2) is 30.5 Å². The number of allylic oxidation sites excluding steroid dienone is 1. The Kier molecular flexibility index (Phi) is 2.46. The van der Waals surface area contributed by atoms with E-state index in [1.807, 2.05) is 12.1 Å². The molecular weight excluding hydrogens is 248 g/mol. The summed E-state index contributed by atoms with van der Waals surface area (Å²) < 4.78 is 0. The van der Waals surface area contributed by atoms with E-state index in [1.165, 1.54) is 17.5 Å². The normalized spacial score (nSPS) is 36.0. The van der Waals surface area contributed by atoms with Gasteiger partial charge in [-0.15, -0.1) is 0 Å². The summed E-state index contributed by atoms with van der Waals surface area (Å²) in [7, 11) is 2.25. The molecule has 0 aromatic heterocycles. The minimum absolute atomic E-state index is 0.186. The van der Waals surface area contributed by atoms with Crippen LogP contribution < -0.4 is 5.32 Å². The summed E-state index contributed by atoms with van der Waals surface area (Å²) in [5.41, 5.74) is 4.15. The fraction of sp³-hybridized carbons (Fsp3) is 0.529. The molecule has 0 radical (unpaired) electrons. The van der Waals surface area contributed by atoms with Gasteiger partial charge in [0.2, 0.25) is 0 Å². The Hall–Kier alpha value is -1.48. The molecule has 20 heavy (non-hydrogen) atoms. The van der Waals surface area contributed by atoms with Crippen molar-refractivity contribution in [1.29, 1.82) is 0 Å². The molecule has 0 spiro atoms. The summed E-state index contributed by atoms with van der Waals surface area (Å²) in [6.07, 6.45) is 3.28. The first-order valence-electron chi connectivity index (χ1n) is 7.54. The maximum absolute atomic E-state index is 9.94. The zero-order valence-electron chi connectivity index (χ0n) is 12.0. The van der Waals surface area contributed by atoms with Gasteiger partial charge in [-0.1, -0.05) is 12.6 Å². The van der Waals surface area contributed by atoms with E-state index in [2.05, 4.69) is 29.9 Å². The Balaban J connectivity index is 1.92. The van der Waals surface area contributed by atoms with Crippen LogP contribution in [0.3, 0.4) is 0 Å². The summed E-state index contributed by atoms with van der Waals surface area (Å²) in [6, 6.07) is 6.59. The maximum Gasteiger partial charge on any atom is 0.115 e. The second-order valence-corrected chi connectivity index (χ2v) is 6.77. The third-order valence-corrected chi connectivity index (χ3v) is 5.81. The molecule has 3 heteroatoms. The van der Waals surface area contributed by atoms with Crippen molar-refractivity contribution >= 4 is 0 Å². The van der Waals surface area contributed by atoms with Gasteiger partial charge in [-0.3, -0.25) is 0 Å². The summed E-state index contributed by atoms with van der Waals surface area (Å²) in [6.45, 7) is 6.33. The molecular formula is C17H22N2O. The average molecular weight is 270 g/mol. The molecule has 106 valence electrons. The van der Waals surface area contributed by atoms with E-state index < -0.39 is 0 Å². The number of nitrogens with zero attached hydrogens (tertiary/aromatic N) is 1. The van der Waals surface area contributed by atoms with Gasteiger partial charge in [0.15, 0.2) is 0 Å². The number of hydrogen-bond donors (Lipinski definition) is 2. The zero-order chi connectivity index (χ0) is 13.9. The molecule has 2 heterocycles. The topological polar surface area (TPSA) is 35.5 Å². The standard InChI is InChI=1S/C17H22N2O/c1-11-9-17-5-6-19(2)16(15(17)10-18-11)7-12-3-4-13(20)8-14(12)17/h3-4,8,15-16,18,20H,1,5-7,9-10H2,2H3/t15-,16+,17+/m0/s1. The fourth-order valence-corrected chi connectivity index (χ4v) is 4.81. The lowest BCUT2D eigenvalue weighted by Gasteiger charge is -2.58. The van der Waals surface area contributed by atoms with Crippen LogP contribution in [-0.4, -0.2) is 36.2 Å². The highest BCUT2D eigenvalue weighted by atomic mass is 16.3. The lowest BCUT2D eigenvalue weighted by molar-refractivity contribution is 0.0199. The molecule has 2 aliphatic heterocycles. The van der Waals surface area contributed by atoms with Crippen molar-refractivity contribution in [2.75, 3.05) is 20.1 Å². The average Bonchev–Trinajstić information content (AvgIpc) is 2.43. The second-order valence-electron chi connectivity index (χ2n) is 6.77. The Morgan fingerprint density at radius 2 is 2.30 bits per heavy atom. The Bertz CT molecular complexity index is 582. The van der Waals surface area contributed by atoms with Crippen LogP contribution >= 0.6 is 0 Å². The number of fused-ring (bicyclic) bond motifs is 1. The predicted octanol–water partition coefficient (Wildman–Crippen LogP) is 2.01. The van der Waals surface area contributed by atoms with Crippen molar-refractivity contribution in [2.24, 2.45) is 5.92 Å². The molecule has 2 saturated heterocycles. The third kappa shape index (κ3) is 1.50. The maximum atomic E-state index is 9.94. The SMILES string of the molecule is C=C1C[C@]23CCN(C)[C@H](Cc4ccc(O)cc42)[C@@H]3CN1. The van der Waals surface area contributed by atoms with E-state index in [0.29, 0.717) is 17.7 Å². The van der Waals surface area contributed by atoms with Crippen molar-refractivity contribution < 1.29 is 5.11 Å². The van der Waals surface area contributed by atoms with E-state index in [4.69, 9.17) is 0 Å². The number of nitrogens with one attached hydrogen (secondary N) is 1. The molecule has 3 aliphatic rings. The highest BCUT2D eigenvalue weighted by Gasteiger charge is 2.54. The Morgan fingerprint density at radius 1 is 1.45 bits per heavy atom. The number of piperidine rings is 2. The predicted molar refractivity (Wildman–Crippen MR) is 79.8 cm³/mol. The van der Waals surface area contributed by atoms with Gasteiger partial charge < -0.3 is 15.3 Å². The number of phenols is 1. The minimum atomic E-state index is 0.186. The smallest absolute Gasteiger partial charge is 0.115 e. The van der Waals surface area contributed by atoms with Gasteiger partial charge in [0, 0.05) is 29.6 Å². The number of aromatic hydroxyl groups is 1. The summed E-state index contributed by atoms with van der Waals surface area (Å²) in [5, 5.41) is 13.4. The number of benzene rings is 1. The number of likely N-dealkylation sites (N-methyl/N-ethyl adjacent to an activating group) is 1. The van der Waals surface area contributed by atoms with Crippen molar-refractivity contribution in [3.05, 3.63) is 41.6 Å².